The smallest absolute Gasteiger partial charge is 0.169 e. The molecule has 0 unspecified atom stereocenters. The first kappa shape index (κ1) is 17.3. The fourth-order valence-corrected chi connectivity index (χ4v) is 4.26. The van der Waals surface area contributed by atoms with Gasteiger partial charge in [0.15, 0.2) is 5.11 Å². The van der Waals surface area contributed by atoms with Gasteiger partial charge in [-0.05, 0) is 54.7 Å². The highest BCUT2D eigenvalue weighted by molar-refractivity contribution is 7.99. The number of thioether (sulfide) groups is 1. The Morgan fingerprint density at radius 3 is 2.75 bits per heavy atom. The van der Waals surface area contributed by atoms with E-state index in [1.54, 1.807) is 0 Å². The van der Waals surface area contributed by atoms with Crippen LogP contribution in [0.1, 0.15) is 30.0 Å². The van der Waals surface area contributed by atoms with E-state index in [1.807, 2.05) is 11.8 Å². The van der Waals surface area contributed by atoms with Crippen molar-refractivity contribution in [2.45, 2.75) is 30.2 Å². The molecule has 2 nitrogen and oxygen atoms in total. The first-order valence-electron chi connectivity index (χ1n) is 8.52. The number of rotatable bonds is 5. The standard InChI is InChI=1S/C20H24N2S2/c1-22(19-13-7-9-16-8-5-6-12-18(16)19)20(23)21-14-15-24-17-10-3-2-4-11-17/h2-6,8,10-12,19H,7,9,13-15H2,1H3,(H,21,23)/t19-/m1/s1. The molecule has 0 saturated carbocycles. The maximum atomic E-state index is 5.62. The van der Waals surface area contributed by atoms with E-state index in [2.05, 4.69) is 71.9 Å². The Balaban J connectivity index is 1.50. The Labute approximate surface area is 154 Å². The quantitative estimate of drug-likeness (QED) is 0.476. The first-order chi connectivity index (χ1) is 11.8. The molecule has 1 aliphatic rings. The average molecular weight is 357 g/mol. The minimum absolute atomic E-state index is 0.400. The molecule has 0 radical (unpaired) electrons. The number of fused-ring (bicyclic) bond motifs is 1. The van der Waals surface area contributed by atoms with Crippen LogP contribution in [-0.4, -0.2) is 29.4 Å². The lowest BCUT2D eigenvalue weighted by Crippen LogP contribution is -2.41. The second-order valence-electron chi connectivity index (χ2n) is 6.11. The summed E-state index contributed by atoms with van der Waals surface area (Å²) in [5.74, 6) is 1.01. The predicted octanol–water partition coefficient (Wildman–Crippen LogP) is 4.66. The van der Waals surface area contributed by atoms with Gasteiger partial charge < -0.3 is 10.2 Å². The van der Waals surface area contributed by atoms with E-state index < -0.39 is 0 Å². The highest BCUT2D eigenvalue weighted by atomic mass is 32.2. The van der Waals surface area contributed by atoms with Crippen LogP contribution < -0.4 is 5.32 Å². The van der Waals surface area contributed by atoms with Crippen LogP contribution in [0.4, 0.5) is 0 Å². The van der Waals surface area contributed by atoms with Crippen LogP contribution in [0.25, 0.3) is 0 Å². The van der Waals surface area contributed by atoms with Gasteiger partial charge in [0.1, 0.15) is 0 Å². The zero-order valence-corrected chi connectivity index (χ0v) is 15.7. The van der Waals surface area contributed by atoms with Crippen LogP contribution in [0.5, 0.6) is 0 Å². The third kappa shape index (κ3) is 4.31. The molecule has 3 rings (SSSR count). The van der Waals surface area contributed by atoms with Crippen LogP contribution >= 0.6 is 24.0 Å². The highest BCUT2D eigenvalue weighted by Crippen LogP contribution is 2.33. The normalized spacial score (nSPS) is 16.3. The van der Waals surface area contributed by atoms with Gasteiger partial charge in [-0.3, -0.25) is 0 Å². The van der Waals surface area contributed by atoms with Crippen molar-refractivity contribution < 1.29 is 0 Å². The molecule has 24 heavy (non-hydrogen) atoms. The summed E-state index contributed by atoms with van der Waals surface area (Å²) in [5, 5.41) is 4.27. The van der Waals surface area contributed by atoms with Crippen molar-refractivity contribution in [1.29, 1.82) is 0 Å². The lowest BCUT2D eigenvalue weighted by molar-refractivity contribution is 0.328. The van der Waals surface area contributed by atoms with Gasteiger partial charge in [-0.15, -0.1) is 11.8 Å². The van der Waals surface area contributed by atoms with Crippen LogP contribution in [-0.2, 0) is 6.42 Å². The van der Waals surface area contributed by atoms with E-state index in [0.29, 0.717) is 6.04 Å². The maximum Gasteiger partial charge on any atom is 0.169 e. The average Bonchev–Trinajstić information content (AvgIpc) is 2.65. The van der Waals surface area contributed by atoms with Crippen LogP contribution in [0.2, 0.25) is 0 Å². The fourth-order valence-electron chi connectivity index (χ4n) is 3.24. The molecule has 0 fully saturated rings. The van der Waals surface area contributed by atoms with Crippen LogP contribution in [0.15, 0.2) is 59.5 Å². The minimum atomic E-state index is 0.400. The highest BCUT2D eigenvalue weighted by Gasteiger charge is 2.24. The SMILES string of the molecule is CN(C(=S)NCCSc1ccccc1)[C@@H]1CCCc2ccccc21. The van der Waals surface area contributed by atoms with Crippen molar-refractivity contribution in [3.8, 4) is 0 Å². The third-order valence-corrected chi connectivity index (χ3v) is 5.96. The van der Waals surface area contributed by atoms with E-state index in [-0.39, 0.29) is 0 Å². The number of aryl methyl sites for hydroxylation is 1. The molecule has 0 saturated heterocycles. The monoisotopic (exact) mass is 356 g/mol. The van der Waals surface area contributed by atoms with Gasteiger partial charge in [-0.1, -0.05) is 42.5 Å². The number of hydrogen-bond donors (Lipinski definition) is 1. The van der Waals surface area contributed by atoms with E-state index in [4.69, 9.17) is 12.2 Å². The molecule has 2 aromatic carbocycles. The summed E-state index contributed by atoms with van der Waals surface area (Å²) in [6, 6.07) is 19.7. The summed E-state index contributed by atoms with van der Waals surface area (Å²) in [6.07, 6.45) is 3.60. The molecule has 2 aromatic rings. The molecule has 0 aromatic heterocycles. The number of thiocarbonyl (C=S) groups is 1. The summed E-state index contributed by atoms with van der Waals surface area (Å²) in [5.41, 5.74) is 2.91. The zero-order chi connectivity index (χ0) is 16.8. The Hall–Kier alpha value is -1.52. The van der Waals surface area contributed by atoms with Gasteiger partial charge in [0.2, 0.25) is 0 Å². The van der Waals surface area contributed by atoms with Gasteiger partial charge in [0.05, 0.1) is 6.04 Å². The Morgan fingerprint density at radius 1 is 1.17 bits per heavy atom. The minimum Gasteiger partial charge on any atom is -0.362 e. The predicted molar refractivity (Wildman–Crippen MR) is 108 cm³/mol. The van der Waals surface area contributed by atoms with Crippen molar-refractivity contribution in [3.63, 3.8) is 0 Å². The molecule has 1 N–H and O–H groups in total. The second kappa shape index (κ2) is 8.54. The van der Waals surface area contributed by atoms with Crippen molar-refractivity contribution in [2.24, 2.45) is 0 Å². The lowest BCUT2D eigenvalue weighted by atomic mass is 9.87. The molecule has 4 heteroatoms. The van der Waals surface area contributed by atoms with Crippen LogP contribution in [0, 0.1) is 0 Å². The fraction of sp³-hybridized carbons (Fsp3) is 0.350. The van der Waals surface area contributed by atoms with Gasteiger partial charge in [-0.2, -0.15) is 0 Å². The Bertz CT molecular complexity index is 672. The summed E-state index contributed by atoms with van der Waals surface area (Å²) in [6.45, 7) is 0.886. The van der Waals surface area contributed by atoms with Gasteiger partial charge in [0.25, 0.3) is 0 Å². The molecule has 0 amide bonds. The molecular formula is C20H24N2S2. The zero-order valence-electron chi connectivity index (χ0n) is 14.1. The molecule has 0 bridgehead atoms. The topological polar surface area (TPSA) is 15.3 Å². The lowest BCUT2D eigenvalue weighted by Gasteiger charge is -2.35. The van der Waals surface area contributed by atoms with Crippen molar-refractivity contribution in [3.05, 3.63) is 65.7 Å². The van der Waals surface area contributed by atoms with Crippen LogP contribution in [0.3, 0.4) is 0 Å². The van der Waals surface area contributed by atoms with E-state index in [9.17, 15) is 0 Å². The molecule has 0 heterocycles. The molecule has 1 aliphatic carbocycles. The number of nitrogens with one attached hydrogen (secondary N) is 1. The molecule has 0 spiro atoms. The molecule has 126 valence electrons. The Kier molecular flexibility index (Phi) is 6.16. The molecular weight excluding hydrogens is 332 g/mol. The van der Waals surface area contributed by atoms with Gasteiger partial charge in [-0.25, -0.2) is 0 Å². The van der Waals surface area contributed by atoms with Crippen molar-refractivity contribution >= 4 is 29.1 Å². The first-order valence-corrected chi connectivity index (χ1v) is 9.91. The number of nitrogens with zero attached hydrogens (tertiary/aromatic N) is 1. The largest absolute Gasteiger partial charge is 0.362 e. The second-order valence-corrected chi connectivity index (χ2v) is 7.67. The summed E-state index contributed by atoms with van der Waals surface area (Å²) >= 11 is 7.48. The third-order valence-electron chi connectivity index (χ3n) is 4.52. The Morgan fingerprint density at radius 2 is 1.92 bits per heavy atom. The molecule has 0 aliphatic heterocycles. The summed E-state index contributed by atoms with van der Waals surface area (Å²) in [4.78, 5) is 3.54. The van der Waals surface area contributed by atoms with E-state index >= 15 is 0 Å². The summed E-state index contributed by atoms with van der Waals surface area (Å²) < 4.78 is 0. The number of hydrogen-bond acceptors (Lipinski definition) is 2. The maximum absolute atomic E-state index is 5.62. The van der Waals surface area contributed by atoms with Crippen molar-refractivity contribution in [2.75, 3.05) is 19.3 Å². The van der Waals surface area contributed by atoms with Crippen molar-refractivity contribution in [1.82, 2.24) is 10.2 Å². The van der Waals surface area contributed by atoms with Gasteiger partial charge >= 0.3 is 0 Å². The number of benzene rings is 2. The van der Waals surface area contributed by atoms with E-state index in [1.165, 1.54) is 35.3 Å². The van der Waals surface area contributed by atoms with Gasteiger partial charge in [0, 0.05) is 24.2 Å². The molecule has 1 atom stereocenters. The summed E-state index contributed by atoms with van der Waals surface area (Å²) in [7, 11) is 2.12. The van der Waals surface area contributed by atoms with E-state index in [0.717, 1.165) is 17.4 Å².